The van der Waals surface area contributed by atoms with Crippen LogP contribution in [0.5, 0.6) is 5.75 Å². The van der Waals surface area contributed by atoms with Gasteiger partial charge in [-0.05, 0) is 37.1 Å². The van der Waals surface area contributed by atoms with Crippen molar-refractivity contribution in [3.8, 4) is 5.75 Å². The van der Waals surface area contributed by atoms with Crippen LogP contribution in [0.1, 0.15) is 28.0 Å². The van der Waals surface area contributed by atoms with Crippen molar-refractivity contribution >= 4 is 16.7 Å². The minimum Gasteiger partial charge on any atom is -0.496 e. The highest BCUT2D eigenvalue weighted by molar-refractivity contribution is 6.05. The van der Waals surface area contributed by atoms with Crippen molar-refractivity contribution in [2.45, 2.75) is 26.8 Å². The molecule has 3 nitrogen and oxygen atoms in total. The molecular weight excluding hydrogens is 214 g/mol. The molecule has 1 aliphatic heterocycles. The molecule has 0 unspecified atom stereocenters. The molecule has 0 fully saturated rings. The number of Topliss-reactive ketones (excluding diaryl/α,β-unsaturated/α-hetero) is 1. The summed E-state index contributed by atoms with van der Waals surface area (Å²) >= 11 is 0. The quantitative estimate of drug-likeness (QED) is 0.753. The zero-order valence-electron chi connectivity index (χ0n) is 10.3. The Hall–Kier alpha value is -1.77. The van der Waals surface area contributed by atoms with Crippen molar-refractivity contribution in [2.75, 3.05) is 7.11 Å². The van der Waals surface area contributed by atoms with E-state index in [1.54, 1.807) is 7.11 Å². The Morgan fingerprint density at radius 3 is 2.76 bits per heavy atom. The molecule has 0 atom stereocenters. The zero-order chi connectivity index (χ0) is 12.2. The van der Waals surface area contributed by atoms with Gasteiger partial charge in [0.1, 0.15) is 5.75 Å². The van der Waals surface area contributed by atoms with E-state index >= 15 is 0 Å². The lowest BCUT2D eigenvalue weighted by Gasteiger charge is -2.06. The normalized spacial score (nSPS) is 14.4. The fraction of sp³-hybridized carbons (Fsp3) is 0.357. The average molecular weight is 229 g/mol. The number of methoxy groups -OCH3 is 1. The molecule has 0 amide bonds. The summed E-state index contributed by atoms with van der Waals surface area (Å²) < 4.78 is 7.48. The van der Waals surface area contributed by atoms with Crippen LogP contribution in [0.2, 0.25) is 0 Å². The van der Waals surface area contributed by atoms with E-state index in [9.17, 15) is 4.79 Å². The maximum Gasteiger partial charge on any atom is 0.181 e. The van der Waals surface area contributed by atoms with Crippen LogP contribution in [0.4, 0.5) is 0 Å². The number of aryl methyl sites for hydroxylation is 3. The number of nitrogens with zero attached hydrogens (tertiary/aromatic N) is 1. The number of hydrogen-bond acceptors (Lipinski definition) is 2. The van der Waals surface area contributed by atoms with Gasteiger partial charge in [0.05, 0.1) is 12.8 Å². The maximum atomic E-state index is 11.8. The Balaban J connectivity index is 2.41. The van der Waals surface area contributed by atoms with E-state index in [4.69, 9.17) is 4.74 Å². The van der Waals surface area contributed by atoms with Gasteiger partial charge >= 0.3 is 0 Å². The molecule has 1 aromatic heterocycles. The molecule has 0 aliphatic carbocycles. The highest BCUT2D eigenvalue weighted by atomic mass is 16.5. The maximum absolute atomic E-state index is 11.8. The zero-order valence-corrected chi connectivity index (χ0v) is 10.3. The molecule has 3 heteroatoms. The van der Waals surface area contributed by atoms with Crippen molar-refractivity contribution in [3.05, 3.63) is 29.0 Å². The Labute approximate surface area is 100.0 Å². The van der Waals surface area contributed by atoms with Crippen molar-refractivity contribution in [3.63, 3.8) is 0 Å². The summed E-state index contributed by atoms with van der Waals surface area (Å²) in [4.78, 5) is 11.8. The van der Waals surface area contributed by atoms with Gasteiger partial charge in [-0.25, -0.2) is 0 Å². The smallest absolute Gasteiger partial charge is 0.181 e. The van der Waals surface area contributed by atoms with Crippen LogP contribution in [0, 0.1) is 13.8 Å². The van der Waals surface area contributed by atoms with Gasteiger partial charge in [-0.15, -0.1) is 0 Å². The predicted molar refractivity (Wildman–Crippen MR) is 66.9 cm³/mol. The van der Waals surface area contributed by atoms with E-state index in [-0.39, 0.29) is 5.78 Å². The second-order valence-corrected chi connectivity index (χ2v) is 4.64. The highest BCUT2D eigenvalue weighted by Gasteiger charge is 2.26. The number of hydrogen-bond donors (Lipinski definition) is 0. The van der Waals surface area contributed by atoms with Crippen LogP contribution in [-0.2, 0) is 6.54 Å². The van der Waals surface area contributed by atoms with E-state index in [1.165, 1.54) is 0 Å². The van der Waals surface area contributed by atoms with E-state index in [2.05, 4.69) is 10.6 Å². The molecule has 2 heterocycles. The molecule has 0 radical (unpaired) electrons. The van der Waals surface area contributed by atoms with E-state index in [1.807, 2.05) is 19.9 Å². The number of rotatable bonds is 1. The second-order valence-electron chi connectivity index (χ2n) is 4.64. The third-order valence-electron chi connectivity index (χ3n) is 3.66. The molecule has 0 saturated heterocycles. The largest absolute Gasteiger partial charge is 0.496 e. The van der Waals surface area contributed by atoms with Crippen molar-refractivity contribution in [1.29, 1.82) is 0 Å². The summed E-state index contributed by atoms with van der Waals surface area (Å²) in [5, 5.41) is 1.13. The predicted octanol–water partition coefficient (Wildman–Crippen LogP) is 2.85. The van der Waals surface area contributed by atoms with Crippen molar-refractivity contribution in [2.24, 2.45) is 0 Å². The molecular formula is C14H15NO2. The Morgan fingerprint density at radius 2 is 2.06 bits per heavy atom. The molecule has 1 aliphatic rings. The van der Waals surface area contributed by atoms with Gasteiger partial charge in [-0.2, -0.15) is 0 Å². The van der Waals surface area contributed by atoms with Crippen LogP contribution in [-0.4, -0.2) is 17.5 Å². The summed E-state index contributed by atoms with van der Waals surface area (Å²) in [5.41, 5.74) is 4.23. The molecule has 0 bridgehead atoms. The van der Waals surface area contributed by atoms with Crippen LogP contribution in [0.25, 0.3) is 10.9 Å². The van der Waals surface area contributed by atoms with Gasteiger partial charge in [0.2, 0.25) is 0 Å². The van der Waals surface area contributed by atoms with Crippen LogP contribution in [0.3, 0.4) is 0 Å². The summed E-state index contributed by atoms with van der Waals surface area (Å²) in [6.45, 7) is 4.86. The average Bonchev–Trinajstić information content (AvgIpc) is 2.80. The van der Waals surface area contributed by atoms with Crippen molar-refractivity contribution < 1.29 is 9.53 Å². The number of ketones is 1. The standard InChI is InChI=1S/C14H15NO2/c1-8-6-11-10(7-13(8)17-3)9(2)14-12(16)4-5-15(11)14/h6-7H,4-5H2,1-3H3. The number of benzene rings is 1. The van der Waals surface area contributed by atoms with Crippen LogP contribution in [0.15, 0.2) is 12.1 Å². The molecule has 0 N–H and O–H groups in total. The van der Waals surface area contributed by atoms with E-state index < -0.39 is 0 Å². The first kappa shape index (κ1) is 10.4. The molecule has 17 heavy (non-hydrogen) atoms. The first-order valence-corrected chi connectivity index (χ1v) is 5.84. The number of carbonyl (C=O) groups is 1. The number of fused-ring (bicyclic) bond motifs is 3. The molecule has 0 spiro atoms. The highest BCUT2D eigenvalue weighted by Crippen LogP contribution is 2.34. The monoisotopic (exact) mass is 229 g/mol. The van der Waals surface area contributed by atoms with Gasteiger partial charge in [0.25, 0.3) is 0 Å². The summed E-state index contributed by atoms with van der Waals surface area (Å²) in [6, 6.07) is 4.15. The lowest BCUT2D eigenvalue weighted by atomic mass is 10.1. The fourth-order valence-corrected chi connectivity index (χ4v) is 2.79. The summed E-state index contributed by atoms with van der Waals surface area (Å²) in [7, 11) is 1.68. The van der Waals surface area contributed by atoms with Gasteiger partial charge < -0.3 is 9.30 Å². The lowest BCUT2D eigenvalue weighted by Crippen LogP contribution is -1.94. The van der Waals surface area contributed by atoms with Gasteiger partial charge in [0.15, 0.2) is 5.78 Å². The molecule has 1 aromatic carbocycles. The van der Waals surface area contributed by atoms with Crippen molar-refractivity contribution in [1.82, 2.24) is 4.57 Å². The topological polar surface area (TPSA) is 31.2 Å². The number of ether oxygens (including phenoxy) is 1. The minimum atomic E-state index is 0.260. The molecule has 2 aromatic rings. The Bertz CT molecular complexity index is 637. The lowest BCUT2D eigenvalue weighted by molar-refractivity contribution is 0.0994. The molecule has 88 valence electrons. The second kappa shape index (κ2) is 3.36. The van der Waals surface area contributed by atoms with E-state index in [0.717, 1.165) is 40.0 Å². The minimum absolute atomic E-state index is 0.260. The fourth-order valence-electron chi connectivity index (χ4n) is 2.79. The number of aromatic nitrogens is 1. The Kier molecular flexibility index (Phi) is 2.05. The van der Waals surface area contributed by atoms with Crippen LogP contribution < -0.4 is 4.74 Å². The van der Waals surface area contributed by atoms with E-state index in [0.29, 0.717) is 6.42 Å². The van der Waals surface area contributed by atoms with Gasteiger partial charge in [-0.3, -0.25) is 4.79 Å². The Morgan fingerprint density at radius 1 is 1.29 bits per heavy atom. The van der Waals surface area contributed by atoms with Crippen LogP contribution >= 0.6 is 0 Å². The first-order chi connectivity index (χ1) is 8.13. The SMILES string of the molecule is COc1cc2c(C)c3n(c2cc1C)CCC3=O. The first-order valence-electron chi connectivity index (χ1n) is 5.84. The molecule has 0 saturated carbocycles. The molecule has 3 rings (SSSR count). The third-order valence-corrected chi connectivity index (χ3v) is 3.66. The van der Waals surface area contributed by atoms with Gasteiger partial charge in [-0.1, -0.05) is 0 Å². The summed E-state index contributed by atoms with van der Waals surface area (Å²) in [5.74, 6) is 1.15. The van der Waals surface area contributed by atoms with Gasteiger partial charge in [0, 0.05) is 23.9 Å². The summed E-state index contributed by atoms with van der Waals surface area (Å²) in [6.07, 6.45) is 0.636. The third kappa shape index (κ3) is 1.25. The number of carbonyl (C=O) groups excluding carboxylic acids is 1.